The molecule has 1 saturated carbocycles. The van der Waals surface area contributed by atoms with Gasteiger partial charge in [-0.05, 0) is 40.9 Å². The molecule has 1 heterocycles. The summed E-state index contributed by atoms with van der Waals surface area (Å²) in [6, 6.07) is 3.63. The SMILES string of the molecule is O=C(CCNC(=O)c1ccnc(Br)c1)NC1CC1. The molecule has 0 bridgehead atoms. The summed E-state index contributed by atoms with van der Waals surface area (Å²) in [6.07, 6.45) is 4.01. The van der Waals surface area contributed by atoms with E-state index in [1.54, 1.807) is 18.3 Å². The Balaban J connectivity index is 1.72. The van der Waals surface area contributed by atoms with Gasteiger partial charge < -0.3 is 10.6 Å². The Labute approximate surface area is 113 Å². The minimum absolute atomic E-state index is 0.00583. The van der Waals surface area contributed by atoms with Gasteiger partial charge >= 0.3 is 0 Å². The summed E-state index contributed by atoms with van der Waals surface area (Å²) in [5.74, 6) is -0.203. The van der Waals surface area contributed by atoms with E-state index in [-0.39, 0.29) is 11.8 Å². The van der Waals surface area contributed by atoms with Gasteiger partial charge in [0.25, 0.3) is 5.91 Å². The maximum absolute atomic E-state index is 11.7. The quantitative estimate of drug-likeness (QED) is 0.804. The van der Waals surface area contributed by atoms with Crippen LogP contribution < -0.4 is 10.6 Å². The molecule has 0 unspecified atom stereocenters. The third-order valence-corrected chi connectivity index (χ3v) is 3.00. The molecule has 1 aliphatic carbocycles. The fourth-order valence-electron chi connectivity index (χ4n) is 1.46. The largest absolute Gasteiger partial charge is 0.353 e. The highest BCUT2D eigenvalue weighted by atomic mass is 79.9. The van der Waals surface area contributed by atoms with E-state index in [0.29, 0.717) is 29.2 Å². The maximum atomic E-state index is 11.7. The zero-order valence-corrected chi connectivity index (χ0v) is 11.4. The minimum atomic E-state index is -0.197. The molecular weight excluding hydrogens is 298 g/mol. The summed E-state index contributed by atoms with van der Waals surface area (Å²) in [5, 5.41) is 5.57. The van der Waals surface area contributed by atoms with Crippen LogP contribution >= 0.6 is 15.9 Å². The van der Waals surface area contributed by atoms with Crippen molar-refractivity contribution in [2.24, 2.45) is 0 Å². The molecule has 1 fully saturated rings. The second-order valence-corrected chi connectivity index (χ2v) is 5.03. The Morgan fingerprint density at radius 1 is 1.44 bits per heavy atom. The Bertz CT molecular complexity index is 460. The average Bonchev–Trinajstić information content (AvgIpc) is 3.12. The van der Waals surface area contributed by atoms with Gasteiger partial charge in [-0.1, -0.05) is 0 Å². The highest BCUT2D eigenvalue weighted by Crippen LogP contribution is 2.18. The van der Waals surface area contributed by atoms with Crippen molar-refractivity contribution >= 4 is 27.7 Å². The van der Waals surface area contributed by atoms with Crippen molar-refractivity contribution in [2.45, 2.75) is 25.3 Å². The van der Waals surface area contributed by atoms with Crippen LogP contribution in [-0.2, 0) is 4.79 Å². The van der Waals surface area contributed by atoms with Gasteiger partial charge in [0.2, 0.25) is 5.91 Å². The van der Waals surface area contributed by atoms with Crippen LogP contribution in [0.1, 0.15) is 29.6 Å². The van der Waals surface area contributed by atoms with E-state index in [4.69, 9.17) is 0 Å². The summed E-state index contributed by atoms with van der Waals surface area (Å²) in [7, 11) is 0. The average molecular weight is 312 g/mol. The number of nitrogens with one attached hydrogen (secondary N) is 2. The first kappa shape index (κ1) is 13.0. The molecule has 5 nitrogen and oxygen atoms in total. The van der Waals surface area contributed by atoms with Gasteiger partial charge in [0.15, 0.2) is 0 Å². The molecule has 6 heteroatoms. The molecule has 2 N–H and O–H groups in total. The zero-order chi connectivity index (χ0) is 13.0. The number of aromatic nitrogens is 1. The van der Waals surface area contributed by atoms with Crippen molar-refractivity contribution in [3.8, 4) is 0 Å². The number of nitrogens with zero attached hydrogens (tertiary/aromatic N) is 1. The second-order valence-electron chi connectivity index (χ2n) is 4.21. The van der Waals surface area contributed by atoms with Crippen LogP contribution in [0.15, 0.2) is 22.9 Å². The predicted molar refractivity (Wildman–Crippen MR) is 70.1 cm³/mol. The molecule has 0 saturated heterocycles. The van der Waals surface area contributed by atoms with Crippen molar-refractivity contribution < 1.29 is 9.59 Å². The topological polar surface area (TPSA) is 71.1 Å². The molecule has 1 aromatic heterocycles. The lowest BCUT2D eigenvalue weighted by Crippen LogP contribution is -2.31. The van der Waals surface area contributed by atoms with E-state index in [0.717, 1.165) is 12.8 Å². The van der Waals surface area contributed by atoms with E-state index < -0.39 is 0 Å². The summed E-state index contributed by atoms with van der Waals surface area (Å²) < 4.78 is 0.613. The maximum Gasteiger partial charge on any atom is 0.251 e. The number of carbonyl (C=O) groups is 2. The predicted octanol–water partition coefficient (Wildman–Crippen LogP) is 1.24. The molecule has 18 heavy (non-hydrogen) atoms. The lowest BCUT2D eigenvalue weighted by atomic mass is 10.2. The molecule has 1 aromatic rings. The van der Waals surface area contributed by atoms with Crippen molar-refractivity contribution in [1.82, 2.24) is 15.6 Å². The Hall–Kier alpha value is -1.43. The molecule has 0 radical (unpaired) electrons. The van der Waals surface area contributed by atoms with Crippen molar-refractivity contribution in [1.29, 1.82) is 0 Å². The number of carbonyl (C=O) groups excluding carboxylic acids is 2. The van der Waals surface area contributed by atoms with Gasteiger partial charge in [-0.15, -0.1) is 0 Å². The van der Waals surface area contributed by atoms with Crippen LogP contribution in [0.2, 0.25) is 0 Å². The number of hydrogen-bond acceptors (Lipinski definition) is 3. The molecule has 96 valence electrons. The van der Waals surface area contributed by atoms with E-state index in [2.05, 4.69) is 31.5 Å². The summed E-state index contributed by atoms with van der Waals surface area (Å²) in [4.78, 5) is 27.1. The van der Waals surface area contributed by atoms with Crippen molar-refractivity contribution in [3.05, 3.63) is 28.5 Å². The number of hydrogen-bond donors (Lipinski definition) is 2. The standard InChI is InChI=1S/C12H14BrN3O2/c13-10-7-8(3-5-14-10)12(18)15-6-4-11(17)16-9-1-2-9/h3,5,7,9H,1-2,4,6H2,(H,15,18)(H,16,17). The van der Waals surface area contributed by atoms with Crippen LogP contribution in [0.5, 0.6) is 0 Å². The van der Waals surface area contributed by atoms with Gasteiger partial charge in [0.1, 0.15) is 4.60 Å². The molecule has 2 amide bonds. The third-order valence-electron chi connectivity index (χ3n) is 2.57. The molecular formula is C12H14BrN3O2. The smallest absolute Gasteiger partial charge is 0.251 e. The summed E-state index contributed by atoms with van der Waals surface area (Å²) in [6.45, 7) is 0.345. The van der Waals surface area contributed by atoms with Gasteiger partial charge in [-0.25, -0.2) is 4.98 Å². The van der Waals surface area contributed by atoms with Gasteiger partial charge in [-0.3, -0.25) is 9.59 Å². The summed E-state index contributed by atoms with van der Waals surface area (Å²) in [5.41, 5.74) is 0.527. The molecule has 1 aliphatic rings. The highest BCUT2D eigenvalue weighted by molar-refractivity contribution is 9.10. The molecule has 0 spiro atoms. The first-order valence-electron chi connectivity index (χ1n) is 5.84. The van der Waals surface area contributed by atoms with Gasteiger partial charge in [0, 0.05) is 30.8 Å². The lowest BCUT2D eigenvalue weighted by molar-refractivity contribution is -0.121. The Morgan fingerprint density at radius 2 is 2.22 bits per heavy atom. The van der Waals surface area contributed by atoms with Crippen LogP contribution in [0.25, 0.3) is 0 Å². The van der Waals surface area contributed by atoms with Crippen molar-refractivity contribution in [3.63, 3.8) is 0 Å². The van der Waals surface area contributed by atoms with Crippen LogP contribution in [0.3, 0.4) is 0 Å². The molecule has 0 aliphatic heterocycles. The van der Waals surface area contributed by atoms with Gasteiger partial charge in [0.05, 0.1) is 0 Å². The minimum Gasteiger partial charge on any atom is -0.353 e. The first-order valence-corrected chi connectivity index (χ1v) is 6.63. The molecule has 0 aromatic carbocycles. The normalized spacial score (nSPS) is 14.1. The van der Waals surface area contributed by atoms with Crippen molar-refractivity contribution in [2.75, 3.05) is 6.54 Å². The lowest BCUT2D eigenvalue weighted by Gasteiger charge is -2.06. The monoisotopic (exact) mass is 311 g/mol. The molecule has 2 rings (SSSR count). The van der Waals surface area contributed by atoms with Gasteiger partial charge in [-0.2, -0.15) is 0 Å². The van der Waals surface area contributed by atoms with Crippen LogP contribution in [-0.4, -0.2) is 29.4 Å². The molecule has 0 atom stereocenters. The third kappa shape index (κ3) is 4.10. The van der Waals surface area contributed by atoms with Crippen LogP contribution in [0.4, 0.5) is 0 Å². The zero-order valence-electron chi connectivity index (χ0n) is 9.78. The number of halogens is 1. The fraction of sp³-hybridized carbons (Fsp3) is 0.417. The van der Waals surface area contributed by atoms with E-state index >= 15 is 0 Å². The number of amides is 2. The fourth-order valence-corrected chi connectivity index (χ4v) is 1.83. The van der Waals surface area contributed by atoms with E-state index in [9.17, 15) is 9.59 Å². The van der Waals surface area contributed by atoms with E-state index in [1.165, 1.54) is 0 Å². The number of pyridine rings is 1. The number of rotatable bonds is 5. The second kappa shape index (κ2) is 5.95. The first-order chi connectivity index (χ1) is 8.65. The highest BCUT2D eigenvalue weighted by Gasteiger charge is 2.22. The van der Waals surface area contributed by atoms with Crippen LogP contribution in [0, 0.1) is 0 Å². The summed E-state index contributed by atoms with van der Waals surface area (Å²) >= 11 is 3.20. The Kier molecular flexibility index (Phi) is 4.30. The van der Waals surface area contributed by atoms with E-state index in [1.807, 2.05) is 0 Å². The Morgan fingerprint density at radius 3 is 2.89 bits per heavy atom.